The Bertz CT molecular complexity index is 235. The van der Waals surface area contributed by atoms with Crippen LogP contribution in [0.4, 0.5) is 0 Å². The van der Waals surface area contributed by atoms with Crippen molar-refractivity contribution < 1.29 is 9.59 Å². The zero-order chi connectivity index (χ0) is 8.43. The molecule has 1 aliphatic rings. The summed E-state index contributed by atoms with van der Waals surface area (Å²) in [5, 5.41) is 0. The Morgan fingerprint density at radius 1 is 1.73 bits per heavy atom. The SMILES string of the molecule is CC(=O)C1=CN(C)C(=O)CS1. The number of amides is 1. The summed E-state index contributed by atoms with van der Waals surface area (Å²) in [5.41, 5.74) is 0. The Morgan fingerprint density at radius 2 is 2.36 bits per heavy atom. The predicted octanol–water partition coefficient (Wildman–Crippen LogP) is 0.622. The van der Waals surface area contributed by atoms with E-state index in [1.807, 2.05) is 0 Å². The van der Waals surface area contributed by atoms with E-state index in [9.17, 15) is 9.59 Å². The molecule has 0 aromatic carbocycles. The van der Waals surface area contributed by atoms with E-state index in [1.165, 1.54) is 23.6 Å². The van der Waals surface area contributed by atoms with Gasteiger partial charge in [-0.2, -0.15) is 0 Å². The standard InChI is InChI=1S/C7H9NO2S/c1-5(9)6-3-8(2)7(10)4-11-6/h3H,4H2,1-2H3. The fourth-order valence-electron chi connectivity index (χ4n) is 0.719. The van der Waals surface area contributed by atoms with Crippen LogP contribution in [-0.2, 0) is 9.59 Å². The summed E-state index contributed by atoms with van der Waals surface area (Å²) < 4.78 is 0. The number of rotatable bonds is 1. The van der Waals surface area contributed by atoms with Gasteiger partial charge in [0.1, 0.15) is 0 Å². The van der Waals surface area contributed by atoms with Gasteiger partial charge >= 0.3 is 0 Å². The van der Waals surface area contributed by atoms with Crippen LogP contribution in [0, 0.1) is 0 Å². The molecule has 0 aliphatic carbocycles. The molecule has 3 nitrogen and oxygen atoms in total. The molecule has 11 heavy (non-hydrogen) atoms. The van der Waals surface area contributed by atoms with Crippen LogP contribution < -0.4 is 0 Å². The Labute approximate surface area is 69.4 Å². The van der Waals surface area contributed by atoms with Gasteiger partial charge in [-0.3, -0.25) is 9.59 Å². The maximum Gasteiger partial charge on any atom is 0.236 e. The topological polar surface area (TPSA) is 37.4 Å². The van der Waals surface area contributed by atoms with Crippen LogP contribution >= 0.6 is 11.8 Å². The average Bonchev–Trinajstić information content (AvgIpc) is 1.94. The first-order valence-corrected chi connectivity index (χ1v) is 4.21. The van der Waals surface area contributed by atoms with Gasteiger partial charge in [0.05, 0.1) is 10.7 Å². The first-order chi connectivity index (χ1) is 5.11. The molecule has 0 aromatic rings. The van der Waals surface area contributed by atoms with Crippen molar-refractivity contribution in [3.05, 3.63) is 11.1 Å². The highest BCUT2D eigenvalue weighted by molar-refractivity contribution is 8.04. The summed E-state index contributed by atoms with van der Waals surface area (Å²) in [6, 6.07) is 0. The second kappa shape index (κ2) is 3.09. The first kappa shape index (κ1) is 8.33. The van der Waals surface area contributed by atoms with Gasteiger partial charge in [-0.1, -0.05) is 0 Å². The minimum Gasteiger partial charge on any atom is -0.320 e. The molecular weight excluding hydrogens is 162 g/mol. The van der Waals surface area contributed by atoms with Gasteiger partial charge in [0.15, 0.2) is 5.78 Å². The molecule has 1 amide bonds. The van der Waals surface area contributed by atoms with Crippen LogP contribution in [0.2, 0.25) is 0 Å². The van der Waals surface area contributed by atoms with E-state index >= 15 is 0 Å². The van der Waals surface area contributed by atoms with Crippen molar-refractivity contribution in [2.75, 3.05) is 12.8 Å². The Hall–Kier alpha value is -0.770. The monoisotopic (exact) mass is 171 g/mol. The normalized spacial score (nSPS) is 18.2. The third-order valence-electron chi connectivity index (χ3n) is 1.40. The van der Waals surface area contributed by atoms with E-state index in [0.29, 0.717) is 10.7 Å². The number of thioether (sulfide) groups is 1. The molecule has 1 aliphatic heterocycles. The molecule has 0 saturated carbocycles. The van der Waals surface area contributed by atoms with Crippen molar-refractivity contribution >= 4 is 23.5 Å². The minimum atomic E-state index is 0.0225. The molecule has 0 atom stereocenters. The smallest absolute Gasteiger partial charge is 0.236 e. The fourth-order valence-corrected chi connectivity index (χ4v) is 1.64. The Morgan fingerprint density at radius 3 is 2.82 bits per heavy atom. The lowest BCUT2D eigenvalue weighted by molar-refractivity contribution is -0.124. The molecule has 0 radical (unpaired) electrons. The number of hydrogen-bond acceptors (Lipinski definition) is 3. The quantitative estimate of drug-likeness (QED) is 0.580. The number of nitrogens with zero attached hydrogens (tertiary/aromatic N) is 1. The molecule has 1 rings (SSSR count). The number of carbonyl (C=O) groups is 2. The maximum absolute atomic E-state index is 10.9. The largest absolute Gasteiger partial charge is 0.320 e. The van der Waals surface area contributed by atoms with Crippen molar-refractivity contribution in [1.82, 2.24) is 4.90 Å². The van der Waals surface area contributed by atoms with E-state index in [4.69, 9.17) is 0 Å². The van der Waals surface area contributed by atoms with E-state index < -0.39 is 0 Å². The number of allylic oxidation sites excluding steroid dienone is 1. The molecule has 0 bridgehead atoms. The van der Waals surface area contributed by atoms with Gasteiger partial charge in [0.2, 0.25) is 5.91 Å². The number of Topliss-reactive ketones (excluding diaryl/α,β-unsaturated/α-hetero) is 1. The zero-order valence-electron chi connectivity index (χ0n) is 6.46. The lowest BCUT2D eigenvalue weighted by Crippen LogP contribution is -2.27. The predicted molar refractivity (Wildman–Crippen MR) is 44.0 cm³/mol. The fraction of sp³-hybridized carbons (Fsp3) is 0.429. The third kappa shape index (κ3) is 1.83. The van der Waals surface area contributed by atoms with Crippen LogP contribution in [0.1, 0.15) is 6.92 Å². The van der Waals surface area contributed by atoms with Crippen molar-refractivity contribution in [3.8, 4) is 0 Å². The van der Waals surface area contributed by atoms with Gasteiger partial charge in [0, 0.05) is 13.2 Å². The molecule has 0 spiro atoms. The third-order valence-corrected chi connectivity index (χ3v) is 2.50. The van der Waals surface area contributed by atoms with Crippen LogP contribution in [0.3, 0.4) is 0 Å². The van der Waals surface area contributed by atoms with Gasteiger partial charge in [0.25, 0.3) is 0 Å². The Kier molecular flexibility index (Phi) is 2.34. The van der Waals surface area contributed by atoms with Gasteiger partial charge in [-0.05, 0) is 6.92 Å². The van der Waals surface area contributed by atoms with Gasteiger partial charge in [-0.25, -0.2) is 0 Å². The van der Waals surface area contributed by atoms with Crippen LogP contribution in [0.25, 0.3) is 0 Å². The molecule has 60 valence electrons. The summed E-state index contributed by atoms with van der Waals surface area (Å²) in [4.78, 5) is 23.8. The molecule has 0 saturated heterocycles. The van der Waals surface area contributed by atoms with Crippen LogP contribution in [0.5, 0.6) is 0 Å². The highest BCUT2D eigenvalue weighted by Gasteiger charge is 2.17. The van der Waals surface area contributed by atoms with Crippen molar-refractivity contribution in [3.63, 3.8) is 0 Å². The van der Waals surface area contributed by atoms with Gasteiger partial charge < -0.3 is 4.90 Å². The molecular formula is C7H9NO2S. The Balaban J connectivity index is 2.79. The average molecular weight is 171 g/mol. The highest BCUT2D eigenvalue weighted by Crippen LogP contribution is 2.21. The second-order valence-corrected chi connectivity index (χ2v) is 3.36. The lowest BCUT2D eigenvalue weighted by atomic mass is 10.4. The van der Waals surface area contributed by atoms with E-state index in [-0.39, 0.29) is 11.7 Å². The number of carbonyl (C=O) groups excluding carboxylic acids is 2. The van der Waals surface area contributed by atoms with E-state index in [2.05, 4.69) is 0 Å². The summed E-state index contributed by atoms with van der Waals surface area (Å²) in [6.45, 7) is 1.50. The molecule has 0 N–H and O–H groups in total. The summed E-state index contributed by atoms with van der Waals surface area (Å²) >= 11 is 1.30. The van der Waals surface area contributed by atoms with Crippen molar-refractivity contribution in [2.45, 2.75) is 6.92 Å². The number of hydrogen-bond donors (Lipinski definition) is 0. The molecule has 1 heterocycles. The number of ketones is 1. The molecule has 0 unspecified atom stereocenters. The summed E-state index contributed by atoms with van der Waals surface area (Å²) in [5.74, 6) is 0.441. The highest BCUT2D eigenvalue weighted by atomic mass is 32.2. The van der Waals surface area contributed by atoms with Gasteiger partial charge in [-0.15, -0.1) is 11.8 Å². The van der Waals surface area contributed by atoms with E-state index in [0.717, 1.165) is 0 Å². The zero-order valence-corrected chi connectivity index (χ0v) is 7.27. The van der Waals surface area contributed by atoms with Crippen molar-refractivity contribution in [2.24, 2.45) is 0 Å². The van der Waals surface area contributed by atoms with Crippen LogP contribution in [0.15, 0.2) is 11.1 Å². The molecule has 0 aromatic heterocycles. The van der Waals surface area contributed by atoms with Crippen LogP contribution in [-0.4, -0.2) is 29.4 Å². The summed E-state index contributed by atoms with van der Waals surface area (Å²) in [6.07, 6.45) is 1.58. The first-order valence-electron chi connectivity index (χ1n) is 3.22. The van der Waals surface area contributed by atoms with E-state index in [1.54, 1.807) is 13.2 Å². The van der Waals surface area contributed by atoms with Crippen molar-refractivity contribution in [1.29, 1.82) is 0 Å². The minimum absolute atomic E-state index is 0.0225. The lowest BCUT2D eigenvalue weighted by Gasteiger charge is -2.18. The summed E-state index contributed by atoms with van der Waals surface area (Å²) in [7, 11) is 1.66. The maximum atomic E-state index is 10.9. The second-order valence-electron chi connectivity index (χ2n) is 2.34. The molecule has 0 fully saturated rings. The molecule has 4 heteroatoms.